The summed E-state index contributed by atoms with van der Waals surface area (Å²) < 4.78 is 0. The van der Waals surface area contributed by atoms with E-state index in [2.05, 4.69) is 18.3 Å². The quantitative estimate of drug-likeness (QED) is 0.749. The van der Waals surface area contributed by atoms with Crippen molar-refractivity contribution in [2.24, 2.45) is 0 Å². The van der Waals surface area contributed by atoms with Gasteiger partial charge in [-0.25, -0.2) is 0 Å². The van der Waals surface area contributed by atoms with E-state index in [4.69, 9.17) is 0 Å². The molecule has 0 atom stereocenters. The molecule has 0 heterocycles. The van der Waals surface area contributed by atoms with Crippen LogP contribution in [0.3, 0.4) is 0 Å². The van der Waals surface area contributed by atoms with Crippen LogP contribution in [0.25, 0.3) is 0 Å². The molecule has 0 radical (unpaired) electrons. The molecular weight excluding hydrogens is 198 g/mol. The molecule has 0 saturated carbocycles. The third-order valence-corrected chi connectivity index (χ3v) is 2.51. The van der Waals surface area contributed by atoms with Gasteiger partial charge in [0, 0.05) is 12.1 Å². The summed E-state index contributed by atoms with van der Waals surface area (Å²) in [5, 5.41) is 2.94. The molecule has 1 aromatic rings. The Kier molecular flexibility index (Phi) is 5.03. The van der Waals surface area contributed by atoms with Crippen molar-refractivity contribution in [1.82, 2.24) is 0 Å². The molecule has 16 heavy (non-hydrogen) atoms. The van der Waals surface area contributed by atoms with Crippen LogP contribution in [0, 0.1) is 13.8 Å². The number of benzene rings is 1. The zero-order chi connectivity index (χ0) is 12.0. The molecule has 1 rings (SSSR count). The topological polar surface area (TPSA) is 29.1 Å². The van der Waals surface area contributed by atoms with Gasteiger partial charge in [0.2, 0.25) is 5.91 Å². The van der Waals surface area contributed by atoms with E-state index in [1.54, 1.807) is 0 Å². The van der Waals surface area contributed by atoms with Crippen molar-refractivity contribution in [3.05, 3.63) is 29.3 Å². The first-order valence-corrected chi connectivity index (χ1v) is 6.00. The van der Waals surface area contributed by atoms with Crippen molar-refractivity contribution >= 4 is 11.6 Å². The fourth-order valence-corrected chi connectivity index (χ4v) is 1.81. The Bertz CT molecular complexity index is 338. The molecule has 0 aliphatic carbocycles. The highest BCUT2D eigenvalue weighted by atomic mass is 16.1. The number of amides is 1. The van der Waals surface area contributed by atoms with Crippen molar-refractivity contribution in [1.29, 1.82) is 0 Å². The normalized spacial score (nSPS) is 10.2. The van der Waals surface area contributed by atoms with Crippen molar-refractivity contribution in [3.63, 3.8) is 0 Å². The molecule has 0 spiro atoms. The molecule has 0 unspecified atom stereocenters. The third kappa shape index (κ3) is 4.47. The van der Waals surface area contributed by atoms with Gasteiger partial charge in [0.25, 0.3) is 0 Å². The summed E-state index contributed by atoms with van der Waals surface area (Å²) in [7, 11) is 0. The second-order valence-electron chi connectivity index (χ2n) is 4.38. The molecule has 1 amide bonds. The van der Waals surface area contributed by atoms with Gasteiger partial charge in [0.05, 0.1) is 0 Å². The number of anilines is 1. The third-order valence-electron chi connectivity index (χ3n) is 2.51. The molecule has 1 aromatic carbocycles. The Labute approximate surface area is 98.1 Å². The van der Waals surface area contributed by atoms with Crippen molar-refractivity contribution < 1.29 is 4.79 Å². The monoisotopic (exact) mass is 219 g/mol. The first kappa shape index (κ1) is 12.8. The van der Waals surface area contributed by atoms with Gasteiger partial charge in [-0.3, -0.25) is 4.79 Å². The maximum Gasteiger partial charge on any atom is 0.224 e. The summed E-state index contributed by atoms with van der Waals surface area (Å²) >= 11 is 0. The maximum atomic E-state index is 11.6. The van der Waals surface area contributed by atoms with Gasteiger partial charge in [0.1, 0.15) is 0 Å². The molecule has 0 aliphatic heterocycles. The first-order valence-electron chi connectivity index (χ1n) is 6.00. The lowest BCUT2D eigenvalue weighted by Crippen LogP contribution is -2.11. The van der Waals surface area contributed by atoms with Gasteiger partial charge in [-0.1, -0.05) is 25.8 Å². The number of hydrogen-bond acceptors (Lipinski definition) is 1. The van der Waals surface area contributed by atoms with E-state index >= 15 is 0 Å². The summed E-state index contributed by atoms with van der Waals surface area (Å²) in [4.78, 5) is 11.6. The van der Waals surface area contributed by atoms with E-state index in [1.807, 2.05) is 26.0 Å². The van der Waals surface area contributed by atoms with Crippen LogP contribution in [0.4, 0.5) is 5.69 Å². The number of aryl methyl sites for hydroxylation is 2. The van der Waals surface area contributed by atoms with E-state index in [0.29, 0.717) is 6.42 Å². The average Bonchev–Trinajstić information content (AvgIpc) is 2.16. The first-order chi connectivity index (χ1) is 7.61. The van der Waals surface area contributed by atoms with E-state index in [9.17, 15) is 4.79 Å². The highest BCUT2D eigenvalue weighted by Crippen LogP contribution is 2.14. The highest BCUT2D eigenvalue weighted by Gasteiger charge is 2.02. The maximum absolute atomic E-state index is 11.6. The number of rotatable bonds is 5. The molecule has 0 aliphatic rings. The largest absolute Gasteiger partial charge is 0.326 e. The molecule has 0 bridgehead atoms. The molecule has 88 valence electrons. The van der Waals surface area contributed by atoms with Crippen molar-refractivity contribution in [3.8, 4) is 0 Å². The van der Waals surface area contributed by atoms with Crippen LogP contribution in [-0.4, -0.2) is 5.91 Å². The second-order valence-corrected chi connectivity index (χ2v) is 4.38. The lowest BCUT2D eigenvalue weighted by Gasteiger charge is -2.07. The van der Waals surface area contributed by atoms with Crippen molar-refractivity contribution in [2.75, 3.05) is 5.32 Å². The van der Waals surface area contributed by atoms with Gasteiger partial charge in [-0.2, -0.15) is 0 Å². The van der Waals surface area contributed by atoms with Gasteiger partial charge >= 0.3 is 0 Å². The average molecular weight is 219 g/mol. The SMILES string of the molecule is CCCCCC(=O)Nc1cc(C)cc(C)c1. The lowest BCUT2D eigenvalue weighted by atomic mass is 10.1. The highest BCUT2D eigenvalue weighted by molar-refractivity contribution is 5.90. The van der Waals surface area contributed by atoms with Crippen molar-refractivity contribution in [2.45, 2.75) is 46.5 Å². The fourth-order valence-electron chi connectivity index (χ4n) is 1.81. The number of unbranched alkanes of at least 4 members (excludes halogenated alkanes) is 2. The van der Waals surface area contributed by atoms with Crippen LogP contribution < -0.4 is 5.32 Å². The number of carbonyl (C=O) groups is 1. The fraction of sp³-hybridized carbons (Fsp3) is 0.500. The molecule has 1 N–H and O–H groups in total. The van der Waals surface area contributed by atoms with Crippen LogP contribution >= 0.6 is 0 Å². The molecule has 2 nitrogen and oxygen atoms in total. The van der Waals surface area contributed by atoms with Crippen LogP contribution in [-0.2, 0) is 4.79 Å². The Morgan fingerprint density at radius 1 is 1.12 bits per heavy atom. The Hall–Kier alpha value is -1.31. The summed E-state index contributed by atoms with van der Waals surface area (Å²) in [6, 6.07) is 6.11. The lowest BCUT2D eigenvalue weighted by molar-refractivity contribution is -0.116. The molecular formula is C14H21NO. The Balaban J connectivity index is 2.49. The second kappa shape index (κ2) is 6.31. The molecule has 0 aromatic heterocycles. The minimum absolute atomic E-state index is 0.124. The van der Waals surface area contributed by atoms with E-state index in [-0.39, 0.29) is 5.91 Å². The Morgan fingerprint density at radius 3 is 2.31 bits per heavy atom. The van der Waals surface area contributed by atoms with Crippen LogP contribution in [0.2, 0.25) is 0 Å². The standard InChI is InChI=1S/C14H21NO/c1-4-5-6-7-14(16)15-13-9-11(2)8-12(3)10-13/h8-10H,4-7H2,1-3H3,(H,15,16). The van der Waals surface area contributed by atoms with Crippen LogP contribution in [0.5, 0.6) is 0 Å². The number of nitrogens with one attached hydrogen (secondary N) is 1. The summed E-state index contributed by atoms with van der Waals surface area (Å²) in [5.74, 6) is 0.124. The van der Waals surface area contributed by atoms with Gasteiger partial charge < -0.3 is 5.32 Å². The minimum Gasteiger partial charge on any atom is -0.326 e. The summed E-state index contributed by atoms with van der Waals surface area (Å²) in [6.07, 6.45) is 3.88. The number of hydrogen-bond donors (Lipinski definition) is 1. The van der Waals surface area contributed by atoms with E-state index in [1.165, 1.54) is 11.1 Å². The summed E-state index contributed by atoms with van der Waals surface area (Å²) in [5.41, 5.74) is 3.28. The minimum atomic E-state index is 0.124. The molecule has 0 saturated heterocycles. The molecule has 2 heteroatoms. The smallest absolute Gasteiger partial charge is 0.224 e. The summed E-state index contributed by atoms with van der Waals surface area (Å²) in [6.45, 7) is 6.22. The van der Waals surface area contributed by atoms with Gasteiger partial charge in [0.15, 0.2) is 0 Å². The zero-order valence-electron chi connectivity index (χ0n) is 10.5. The van der Waals surface area contributed by atoms with E-state index < -0.39 is 0 Å². The van der Waals surface area contributed by atoms with Crippen LogP contribution in [0.1, 0.15) is 43.7 Å². The van der Waals surface area contributed by atoms with Gasteiger partial charge in [-0.05, 0) is 43.5 Å². The predicted molar refractivity (Wildman–Crippen MR) is 68.7 cm³/mol. The van der Waals surface area contributed by atoms with E-state index in [0.717, 1.165) is 24.9 Å². The Morgan fingerprint density at radius 2 is 1.75 bits per heavy atom. The predicted octanol–water partition coefficient (Wildman–Crippen LogP) is 3.82. The van der Waals surface area contributed by atoms with Crippen LogP contribution in [0.15, 0.2) is 18.2 Å². The van der Waals surface area contributed by atoms with Gasteiger partial charge in [-0.15, -0.1) is 0 Å². The zero-order valence-corrected chi connectivity index (χ0v) is 10.5. The number of carbonyl (C=O) groups excluding carboxylic acids is 1. The molecule has 0 fully saturated rings.